The second kappa shape index (κ2) is 5.80. The quantitative estimate of drug-likeness (QED) is 0.923. The van der Waals surface area contributed by atoms with Gasteiger partial charge in [0.2, 0.25) is 5.91 Å². The van der Waals surface area contributed by atoms with E-state index in [0.717, 1.165) is 42.0 Å². The third-order valence-electron chi connectivity index (χ3n) is 4.29. The van der Waals surface area contributed by atoms with Gasteiger partial charge in [0.1, 0.15) is 5.69 Å². The molecular formula is C18H24N4O. The number of pyridine rings is 1. The minimum Gasteiger partial charge on any atom is -0.335 e. The average molecular weight is 312 g/mol. The lowest BCUT2D eigenvalue weighted by molar-refractivity contribution is -0.140. The Morgan fingerprint density at radius 3 is 2.74 bits per heavy atom. The first kappa shape index (κ1) is 15.7. The van der Waals surface area contributed by atoms with Crippen molar-refractivity contribution in [3.8, 4) is 11.4 Å². The van der Waals surface area contributed by atoms with Gasteiger partial charge in [-0.05, 0) is 43.5 Å². The lowest BCUT2D eigenvalue weighted by Gasteiger charge is -2.31. The van der Waals surface area contributed by atoms with Crippen LogP contribution >= 0.6 is 0 Å². The van der Waals surface area contributed by atoms with Crippen molar-refractivity contribution in [1.29, 1.82) is 0 Å². The van der Waals surface area contributed by atoms with E-state index in [9.17, 15) is 4.79 Å². The predicted molar refractivity (Wildman–Crippen MR) is 89.7 cm³/mol. The molecule has 0 bridgehead atoms. The van der Waals surface area contributed by atoms with Crippen LogP contribution in [-0.2, 0) is 4.79 Å². The second-order valence-electron chi connectivity index (χ2n) is 7.32. The topological polar surface area (TPSA) is 61.9 Å². The van der Waals surface area contributed by atoms with Crippen LogP contribution in [0, 0.1) is 12.3 Å². The number of amides is 1. The van der Waals surface area contributed by atoms with Crippen LogP contribution in [0.4, 0.5) is 0 Å². The Morgan fingerprint density at radius 1 is 1.30 bits per heavy atom. The molecule has 3 heterocycles. The van der Waals surface area contributed by atoms with Crippen molar-refractivity contribution in [1.82, 2.24) is 20.1 Å². The normalized spacial score (nSPS) is 18.4. The molecule has 1 aliphatic rings. The number of aromatic nitrogens is 3. The lowest BCUT2D eigenvalue weighted by atomic mass is 9.93. The first-order valence-corrected chi connectivity index (χ1v) is 8.15. The smallest absolute Gasteiger partial charge is 0.228 e. The predicted octanol–water partition coefficient (Wildman–Crippen LogP) is 3.49. The zero-order valence-electron chi connectivity index (χ0n) is 14.3. The largest absolute Gasteiger partial charge is 0.335 e. The Hall–Kier alpha value is -2.17. The molecule has 1 saturated heterocycles. The Kier molecular flexibility index (Phi) is 3.96. The molecule has 5 nitrogen and oxygen atoms in total. The number of carbonyl (C=O) groups excluding carboxylic acids is 1. The molecule has 0 spiro atoms. The summed E-state index contributed by atoms with van der Waals surface area (Å²) < 4.78 is 0. The van der Waals surface area contributed by atoms with E-state index in [1.54, 1.807) is 0 Å². The van der Waals surface area contributed by atoms with Gasteiger partial charge in [0.15, 0.2) is 0 Å². The van der Waals surface area contributed by atoms with Gasteiger partial charge >= 0.3 is 0 Å². The highest BCUT2D eigenvalue weighted by atomic mass is 16.2. The number of H-pyrrole nitrogens is 1. The standard InChI is InChI=1S/C18H24N4O/c1-12-10-15(21-20-12)14-11-13(7-8-19-14)16-6-5-9-22(16)17(23)18(2,3)4/h7-8,10-11,16H,5-6,9H2,1-4H3,(H,20,21). The van der Waals surface area contributed by atoms with E-state index >= 15 is 0 Å². The number of hydrogen-bond donors (Lipinski definition) is 1. The van der Waals surface area contributed by atoms with Gasteiger partial charge < -0.3 is 4.90 Å². The van der Waals surface area contributed by atoms with Gasteiger partial charge in [0.25, 0.3) is 0 Å². The van der Waals surface area contributed by atoms with Gasteiger partial charge in [0.05, 0.1) is 11.7 Å². The van der Waals surface area contributed by atoms with Crippen LogP contribution in [0.1, 0.15) is 50.9 Å². The summed E-state index contributed by atoms with van der Waals surface area (Å²) in [6.07, 6.45) is 3.86. The molecule has 1 aliphatic heterocycles. The number of hydrogen-bond acceptors (Lipinski definition) is 3. The first-order chi connectivity index (χ1) is 10.9. The zero-order valence-corrected chi connectivity index (χ0v) is 14.3. The van der Waals surface area contributed by atoms with Crippen molar-refractivity contribution in [3.05, 3.63) is 35.7 Å². The molecule has 23 heavy (non-hydrogen) atoms. The Morgan fingerprint density at radius 2 is 2.09 bits per heavy atom. The molecule has 5 heteroatoms. The molecule has 1 atom stereocenters. The van der Waals surface area contributed by atoms with E-state index in [0.29, 0.717) is 0 Å². The SMILES string of the molecule is Cc1cc(-c2cc(C3CCCN3C(=O)C(C)(C)C)ccn2)n[nH]1. The van der Waals surface area contributed by atoms with Gasteiger partial charge in [0, 0.05) is 23.9 Å². The maximum Gasteiger partial charge on any atom is 0.228 e. The number of aryl methyl sites for hydroxylation is 1. The number of nitrogens with one attached hydrogen (secondary N) is 1. The summed E-state index contributed by atoms with van der Waals surface area (Å²) in [4.78, 5) is 19.2. The molecule has 0 aromatic carbocycles. The zero-order chi connectivity index (χ0) is 16.6. The van der Waals surface area contributed by atoms with E-state index in [4.69, 9.17) is 0 Å². The molecule has 1 amide bonds. The molecule has 1 N–H and O–H groups in total. The molecule has 1 unspecified atom stereocenters. The molecule has 0 aliphatic carbocycles. The van der Waals surface area contributed by atoms with E-state index in [-0.39, 0.29) is 17.4 Å². The lowest BCUT2D eigenvalue weighted by Crippen LogP contribution is -2.39. The number of likely N-dealkylation sites (tertiary alicyclic amines) is 1. The fourth-order valence-electron chi connectivity index (χ4n) is 3.13. The molecule has 122 valence electrons. The van der Waals surface area contributed by atoms with Gasteiger partial charge in [-0.1, -0.05) is 20.8 Å². The highest BCUT2D eigenvalue weighted by Crippen LogP contribution is 2.36. The number of rotatable bonds is 2. The van der Waals surface area contributed by atoms with Crippen LogP contribution in [-0.4, -0.2) is 32.5 Å². The highest BCUT2D eigenvalue weighted by molar-refractivity contribution is 5.82. The molecule has 2 aromatic heterocycles. The molecule has 1 fully saturated rings. The van der Waals surface area contributed by atoms with E-state index in [1.165, 1.54) is 0 Å². The Bertz CT molecular complexity index is 714. The van der Waals surface area contributed by atoms with Gasteiger partial charge in [-0.25, -0.2) is 0 Å². The molecule has 2 aromatic rings. The third-order valence-corrected chi connectivity index (χ3v) is 4.29. The summed E-state index contributed by atoms with van der Waals surface area (Å²) in [6.45, 7) is 8.75. The maximum atomic E-state index is 12.7. The molecule has 3 rings (SSSR count). The van der Waals surface area contributed by atoms with E-state index in [2.05, 4.69) is 21.2 Å². The van der Waals surface area contributed by atoms with Crippen molar-refractivity contribution in [3.63, 3.8) is 0 Å². The van der Waals surface area contributed by atoms with Gasteiger partial charge in [-0.15, -0.1) is 0 Å². The summed E-state index contributed by atoms with van der Waals surface area (Å²) >= 11 is 0. The monoisotopic (exact) mass is 312 g/mol. The van der Waals surface area contributed by atoms with Crippen LogP contribution in [0.2, 0.25) is 0 Å². The first-order valence-electron chi connectivity index (χ1n) is 8.15. The summed E-state index contributed by atoms with van der Waals surface area (Å²) in [5.74, 6) is 0.217. The molecular weight excluding hydrogens is 288 g/mol. The summed E-state index contributed by atoms with van der Waals surface area (Å²) in [5, 5.41) is 7.23. The van der Waals surface area contributed by atoms with Crippen LogP contribution in [0.15, 0.2) is 24.4 Å². The van der Waals surface area contributed by atoms with Crippen molar-refractivity contribution < 1.29 is 4.79 Å². The van der Waals surface area contributed by atoms with Crippen LogP contribution in [0.3, 0.4) is 0 Å². The van der Waals surface area contributed by atoms with Crippen LogP contribution in [0.25, 0.3) is 11.4 Å². The number of aromatic amines is 1. The minimum atomic E-state index is -0.349. The van der Waals surface area contributed by atoms with E-state index < -0.39 is 0 Å². The van der Waals surface area contributed by atoms with Crippen molar-refractivity contribution in [2.24, 2.45) is 5.41 Å². The van der Waals surface area contributed by atoms with Gasteiger partial charge in [-0.2, -0.15) is 5.10 Å². The van der Waals surface area contributed by atoms with Crippen molar-refractivity contribution >= 4 is 5.91 Å². The second-order valence-corrected chi connectivity index (χ2v) is 7.32. The fraction of sp³-hybridized carbons (Fsp3) is 0.500. The minimum absolute atomic E-state index is 0.142. The van der Waals surface area contributed by atoms with Crippen molar-refractivity contribution in [2.75, 3.05) is 6.54 Å². The molecule has 0 radical (unpaired) electrons. The van der Waals surface area contributed by atoms with Gasteiger partial charge in [-0.3, -0.25) is 14.9 Å². The van der Waals surface area contributed by atoms with Crippen molar-refractivity contribution in [2.45, 2.75) is 46.6 Å². The van der Waals surface area contributed by atoms with E-state index in [1.807, 2.05) is 50.9 Å². The number of carbonyl (C=O) groups is 1. The summed E-state index contributed by atoms with van der Waals surface area (Å²) in [6, 6.07) is 6.21. The number of nitrogens with zero attached hydrogens (tertiary/aromatic N) is 3. The Labute approximate surface area is 137 Å². The summed E-state index contributed by atoms with van der Waals surface area (Å²) in [7, 11) is 0. The molecule has 0 saturated carbocycles. The Balaban J connectivity index is 1.90. The fourth-order valence-corrected chi connectivity index (χ4v) is 3.13. The van der Waals surface area contributed by atoms with Crippen LogP contribution in [0.5, 0.6) is 0 Å². The highest BCUT2D eigenvalue weighted by Gasteiger charge is 2.35. The average Bonchev–Trinajstić information content (AvgIpc) is 3.14. The third kappa shape index (κ3) is 3.14. The summed E-state index contributed by atoms with van der Waals surface area (Å²) in [5.41, 5.74) is 3.50. The maximum absolute atomic E-state index is 12.7. The van der Waals surface area contributed by atoms with Crippen LogP contribution < -0.4 is 0 Å².